The van der Waals surface area contributed by atoms with Crippen LogP contribution in [0.4, 0.5) is 5.95 Å². The molecule has 2 aromatic rings. The molecular formula is C20H25ClN4O3. The van der Waals surface area contributed by atoms with Gasteiger partial charge in [-0.25, -0.2) is 4.98 Å². The Morgan fingerprint density at radius 1 is 1.36 bits per heavy atom. The molecule has 7 nitrogen and oxygen atoms in total. The summed E-state index contributed by atoms with van der Waals surface area (Å²) in [6.45, 7) is 6.32. The number of anilines is 1. The highest BCUT2D eigenvalue weighted by atomic mass is 35.5. The maximum absolute atomic E-state index is 12.5. The number of nitrogens with zero attached hydrogens (tertiary/aromatic N) is 2. The fraction of sp³-hybridized carbons (Fsp3) is 0.450. The maximum atomic E-state index is 12.5. The molecule has 0 aliphatic carbocycles. The smallest absolute Gasteiger partial charge is 0.255 e. The van der Waals surface area contributed by atoms with Gasteiger partial charge in [0.2, 0.25) is 11.9 Å². The molecule has 1 atom stereocenters. The van der Waals surface area contributed by atoms with Crippen LogP contribution in [0.5, 0.6) is 0 Å². The number of ether oxygens (including phenoxy) is 1. The lowest BCUT2D eigenvalue weighted by Crippen LogP contribution is -2.38. The van der Waals surface area contributed by atoms with E-state index in [0.717, 1.165) is 5.56 Å². The van der Waals surface area contributed by atoms with Crippen LogP contribution in [0, 0.1) is 6.92 Å². The SMILES string of the molecule is Cc1nc(N2CCOCC2)[nH]c(=O)c1CCC(=O)N[C@@H](C)c1ccccc1Cl. The number of aromatic amines is 1. The van der Waals surface area contributed by atoms with Crippen molar-refractivity contribution < 1.29 is 9.53 Å². The lowest BCUT2D eigenvalue weighted by Gasteiger charge is -2.27. The Kier molecular flexibility index (Phi) is 6.70. The van der Waals surface area contributed by atoms with Crippen LogP contribution in [0.25, 0.3) is 0 Å². The Balaban J connectivity index is 1.61. The zero-order chi connectivity index (χ0) is 20.1. The van der Waals surface area contributed by atoms with E-state index in [0.29, 0.717) is 55.0 Å². The molecule has 1 saturated heterocycles. The monoisotopic (exact) mass is 404 g/mol. The molecule has 1 amide bonds. The summed E-state index contributed by atoms with van der Waals surface area (Å²) in [7, 11) is 0. The predicted octanol–water partition coefficient (Wildman–Crippen LogP) is 2.38. The van der Waals surface area contributed by atoms with Gasteiger partial charge >= 0.3 is 0 Å². The molecule has 1 aliphatic rings. The van der Waals surface area contributed by atoms with Gasteiger partial charge < -0.3 is 15.0 Å². The molecule has 8 heteroatoms. The highest BCUT2D eigenvalue weighted by Gasteiger charge is 2.17. The zero-order valence-electron chi connectivity index (χ0n) is 16.1. The molecule has 3 rings (SSSR count). The van der Waals surface area contributed by atoms with Crippen LogP contribution < -0.4 is 15.8 Å². The van der Waals surface area contributed by atoms with Gasteiger partial charge in [-0.3, -0.25) is 14.6 Å². The Morgan fingerprint density at radius 2 is 2.07 bits per heavy atom. The topological polar surface area (TPSA) is 87.3 Å². The van der Waals surface area contributed by atoms with E-state index in [2.05, 4.69) is 15.3 Å². The van der Waals surface area contributed by atoms with E-state index < -0.39 is 0 Å². The number of carbonyl (C=O) groups is 1. The van der Waals surface area contributed by atoms with E-state index in [9.17, 15) is 9.59 Å². The standard InChI is InChI=1S/C20H25ClN4O3/c1-13(15-5-3-4-6-17(15)21)22-18(26)8-7-16-14(2)23-20(24-19(16)27)25-9-11-28-12-10-25/h3-6,13H,7-12H2,1-2H3,(H,22,26)(H,23,24,27)/t13-/m0/s1. The largest absolute Gasteiger partial charge is 0.378 e. The summed E-state index contributed by atoms with van der Waals surface area (Å²) in [6, 6.07) is 7.21. The summed E-state index contributed by atoms with van der Waals surface area (Å²) in [4.78, 5) is 34.2. The first-order valence-corrected chi connectivity index (χ1v) is 9.79. The highest BCUT2D eigenvalue weighted by molar-refractivity contribution is 6.31. The average molecular weight is 405 g/mol. The van der Waals surface area contributed by atoms with Crippen LogP contribution in [0.15, 0.2) is 29.1 Å². The number of benzene rings is 1. The molecule has 0 spiro atoms. The molecule has 0 radical (unpaired) electrons. The summed E-state index contributed by atoms with van der Waals surface area (Å²) in [5, 5.41) is 3.55. The van der Waals surface area contributed by atoms with E-state index in [4.69, 9.17) is 16.3 Å². The van der Waals surface area contributed by atoms with Crippen molar-refractivity contribution in [2.45, 2.75) is 32.7 Å². The van der Waals surface area contributed by atoms with E-state index in [1.807, 2.05) is 30.0 Å². The molecule has 150 valence electrons. The number of nitrogens with one attached hydrogen (secondary N) is 2. The minimum atomic E-state index is -0.206. The number of halogens is 1. The van der Waals surface area contributed by atoms with Crippen LogP contribution in [0.3, 0.4) is 0 Å². The van der Waals surface area contributed by atoms with Crippen LogP contribution in [-0.2, 0) is 16.0 Å². The van der Waals surface area contributed by atoms with Gasteiger partial charge in [0.15, 0.2) is 0 Å². The number of hydrogen-bond donors (Lipinski definition) is 2. The van der Waals surface area contributed by atoms with Crippen molar-refractivity contribution in [1.82, 2.24) is 15.3 Å². The number of hydrogen-bond acceptors (Lipinski definition) is 5. The second kappa shape index (κ2) is 9.21. The number of aryl methyl sites for hydroxylation is 1. The molecule has 1 aromatic carbocycles. The molecule has 2 heterocycles. The fourth-order valence-corrected chi connectivity index (χ4v) is 3.57. The van der Waals surface area contributed by atoms with Crippen LogP contribution >= 0.6 is 11.6 Å². The van der Waals surface area contributed by atoms with Crippen molar-refractivity contribution in [2.75, 3.05) is 31.2 Å². The van der Waals surface area contributed by atoms with Crippen LogP contribution in [0.1, 0.15) is 36.2 Å². The normalized spacial score (nSPS) is 15.3. The number of rotatable bonds is 6. The second-order valence-corrected chi connectivity index (χ2v) is 7.27. The molecule has 1 aromatic heterocycles. The first-order valence-electron chi connectivity index (χ1n) is 9.42. The summed E-state index contributed by atoms with van der Waals surface area (Å²) >= 11 is 6.18. The predicted molar refractivity (Wildman–Crippen MR) is 109 cm³/mol. The molecule has 1 fully saturated rings. The van der Waals surface area contributed by atoms with Gasteiger partial charge in [0.1, 0.15) is 0 Å². The lowest BCUT2D eigenvalue weighted by atomic mass is 10.1. The Hall–Kier alpha value is -2.38. The number of morpholine rings is 1. The van der Waals surface area contributed by atoms with Crippen LogP contribution in [0.2, 0.25) is 5.02 Å². The van der Waals surface area contributed by atoms with Gasteiger partial charge in [-0.15, -0.1) is 0 Å². The van der Waals surface area contributed by atoms with Gasteiger partial charge in [-0.1, -0.05) is 29.8 Å². The van der Waals surface area contributed by atoms with Gasteiger partial charge in [0.25, 0.3) is 5.56 Å². The average Bonchev–Trinajstić information content (AvgIpc) is 2.68. The molecule has 0 saturated carbocycles. The highest BCUT2D eigenvalue weighted by Crippen LogP contribution is 2.22. The van der Waals surface area contributed by atoms with Crippen molar-refractivity contribution in [3.05, 3.63) is 56.5 Å². The van der Waals surface area contributed by atoms with E-state index >= 15 is 0 Å². The quantitative estimate of drug-likeness (QED) is 0.771. The van der Waals surface area contributed by atoms with Crippen molar-refractivity contribution >= 4 is 23.5 Å². The number of H-pyrrole nitrogens is 1. The first-order chi connectivity index (χ1) is 13.5. The van der Waals surface area contributed by atoms with Crippen molar-refractivity contribution in [3.63, 3.8) is 0 Å². The summed E-state index contributed by atoms with van der Waals surface area (Å²) in [5.41, 5.74) is 1.86. The van der Waals surface area contributed by atoms with E-state index in [-0.39, 0.29) is 23.9 Å². The number of carbonyl (C=O) groups excluding carboxylic acids is 1. The third kappa shape index (κ3) is 4.91. The fourth-order valence-electron chi connectivity index (χ4n) is 3.27. The minimum Gasteiger partial charge on any atom is -0.378 e. The van der Waals surface area contributed by atoms with Gasteiger partial charge in [0, 0.05) is 35.8 Å². The van der Waals surface area contributed by atoms with E-state index in [1.165, 1.54) is 0 Å². The Morgan fingerprint density at radius 3 is 2.75 bits per heavy atom. The van der Waals surface area contributed by atoms with Crippen molar-refractivity contribution in [3.8, 4) is 0 Å². The summed E-state index contributed by atoms with van der Waals surface area (Å²) in [5.74, 6) is 0.426. The number of amides is 1. The summed E-state index contributed by atoms with van der Waals surface area (Å²) < 4.78 is 5.33. The zero-order valence-corrected chi connectivity index (χ0v) is 16.9. The third-order valence-corrected chi connectivity index (χ3v) is 5.22. The minimum absolute atomic E-state index is 0.136. The van der Waals surface area contributed by atoms with Gasteiger partial charge in [-0.2, -0.15) is 0 Å². The first kappa shape index (κ1) is 20.4. The number of aromatic nitrogens is 2. The third-order valence-electron chi connectivity index (χ3n) is 4.87. The molecular weight excluding hydrogens is 380 g/mol. The molecule has 0 bridgehead atoms. The molecule has 28 heavy (non-hydrogen) atoms. The van der Waals surface area contributed by atoms with E-state index in [1.54, 1.807) is 13.0 Å². The lowest BCUT2D eigenvalue weighted by molar-refractivity contribution is -0.121. The summed E-state index contributed by atoms with van der Waals surface area (Å²) in [6.07, 6.45) is 0.538. The van der Waals surface area contributed by atoms with Crippen molar-refractivity contribution in [2.24, 2.45) is 0 Å². The van der Waals surface area contributed by atoms with Crippen molar-refractivity contribution in [1.29, 1.82) is 0 Å². The molecule has 1 aliphatic heterocycles. The maximum Gasteiger partial charge on any atom is 0.255 e. The van der Waals surface area contributed by atoms with Gasteiger partial charge in [-0.05, 0) is 31.9 Å². The second-order valence-electron chi connectivity index (χ2n) is 6.86. The van der Waals surface area contributed by atoms with Gasteiger partial charge in [0.05, 0.1) is 19.3 Å². The molecule has 0 unspecified atom stereocenters. The Bertz CT molecular complexity index is 893. The Labute approximate surface area is 169 Å². The molecule has 2 N–H and O–H groups in total. The van der Waals surface area contributed by atoms with Crippen LogP contribution in [-0.4, -0.2) is 42.2 Å².